The van der Waals surface area contributed by atoms with E-state index in [9.17, 15) is 35.9 Å². The first-order valence-corrected chi connectivity index (χ1v) is 9.74. The van der Waals surface area contributed by atoms with Gasteiger partial charge >= 0.3 is 18.4 Å². The van der Waals surface area contributed by atoms with Crippen LogP contribution in [0.1, 0.15) is 30.5 Å². The van der Waals surface area contributed by atoms with Crippen molar-refractivity contribution >= 4 is 34.8 Å². The Morgan fingerprint density at radius 3 is 2.12 bits per heavy atom. The van der Waals surface area contributed by atoms with Gasteiger partial charge in [0, 0.05) is 11.3 Å². The van der Waals surface area contributed by atoms with Crippen LogP contribution in [-0.4, -0.2) is 29.1 Å². The summed E-state index contributed by atoms with van der Waals surface area (Å²) in [6, 6.07) is 5.73. The average molecular weight is 492 g/mol. The standard InChI is InChI=1S/C21H16ClF6N3O2/c1-11(32)19(2)10-31(18(33)29-14-6-4-13(5-7-14)20(23,24)25)30-17(19)12-3-8-15(16(22)9-12)21(26,27)28/h3-9H,10H2,1-2H3,(H,29,33). The van der Waals surface area contributed by atoms with Crippen molar-refractivity contribution in [3.63, 3.8) is 0 Å². The molecule has 1 unspecified atom stereocenters. The van der Waals surface area contributed by atoms with E-state index in [1.807, 2.05) is 0 Å². The van der Waals surface area contributed by atoms with Crippen LogP contribution in [0.25, 0.3) is 0 Å². The highest BCUT2D eigenvalue weighted by Crippen LogP contribution is 2.38. The lowest BCUT2D eigenvalue weighted by Crippen LogP contribution is -2.40. The first-order chi connectivity index (χ1) is 15.1. The Bertz CT molecular complexity index is 1130. The number of benzene rings is 2. The van der Waals surface area contributed by atoms with Crippen LogP contribution in [0.5, 0.6) is 0 Å². The number of halogens is 7. The summed E-state index contributed by atoms with van der Waals surface area (Å²) in [7, 11) is 0. The van der Waals surface area contributed by atoms with Crippen LogP contribution < -0.4 is 5.32 Å². The molecule has 2 amide bonds. The van der Waals surface area contributed by atoms with Crippen molar-refractivity contribution in [1.29, 1.82) is 0 Å². The van der Waals surface area contributed by atoms with Gasteiger partial charge in [-0.2, -0.15) is 31.4 Å². The summed E-state index contributed by atoms with van der Waals surface area (Å²) >= 11 is 5.78. The molecule has 1 aliphatic rings. The highest BCUT2D eigenvalue weighted by atomic mass is 35.5. The van der Waals surface area contributed by atoms with E-state index in [0.717, 1.165) is 47.5 Å². The van der Waals surface area contributed by atoms with Crippen LogP contribution in [0, 0.1) is 5.41 Å². The number of ketones is 1. The third-order valence-electron chi connectivity index (χ3n) is 5.23. The normalized spacial score (nSPS) is 18.8. The highest BCUT2D eigenvalue weighted by molar-refractivity contribution is 6.32. The van der Waals surface area contributed by atoms with Gasteiger partial charge in [-0.3, -0.25) is 4.79 Å². The van der Waals surface area contributed by atoms with E-state index < -0.39 is 45.7 Å². The minimum absolute atomic E-state index is 0.0354. The maximum atomic E-state index is 13.0. The van der Waals surface area contributed by atoms with E-state index in [1.165, 1.54) is 13.8 Å². The van der Waals surface area contributed by atoms with Crippen LogP contribution in [-0.2, 0) is 17.1 Å². The second-order valence-corrected chi connectivity index (χ2v) is 8.00. The van der Waals surface area contributed by atoms with Crippen LogP contribution in [0.4, 0.5) is 36.8 Å². The van der Waals surface area contributed by atoms with Gasteiger partial charge in [-0.15, -0.1) is 0 Å². The van der Waals surface area contributed by atoms with Crippen LogP contribution in [0.3, 0.4) is 0 Å². The fourth-order valence-corrected chi connectivity index (χ4v) is 3.52. The Labute approximate surface area is 189 Å². The smallest absolute Gasteiger partial charge is 0.306 e. The molecule has 0 aromatic heterocycles. The lowest BCUT2D eigenvalue weighted by molar-refractivity contribution is -0.138. The Hall–Kier alpha value is -3.08. The summed E-state index contributed by atoms with van der Waals surface area (Å²) in [4.78, 5) is 25.0. The minimum Gasteiger partial charge on any atom is -0.306 e. The largest absolute Gasteiger partial charge is 0.417 e. The number of hydrazone groups is 1. The number of nitrogens with zero attached hydrogens (tertiary/aromatic N) is 2. The zero-order valence-corrected chi connectivity index (χ0v) is 17.9. The highest BCUT2D eigenvalue weighted by Gasteiger charge is 2.45. The minimum atomic E-state index is -4.68. The molecule has 5 nitrogen and oxygen atoms in total. The third-order valence-corrected chi connectivity index (χ3v) is 5.54. The van der Waals surface area contributed by atoms with Gasteiger partial charge in [-0.1, -0.05) is 17.7 Å². The van der Waals surface area contributed by atoms with Crippen molar-refractivity contribution in [2.45, 2.75) is 26.2 Å². The van der Waals surface area contributed by atoms with Crippen molar-refractivity contribution in [3.05, 3.63) is 64.2 Å². The van der Waals surface area contributed by atoms with Crippen molar-refractivity contribution in [1.82, 2.24) is 5.01 Å². The van der Waals surface area contributed by atoms with Gasteiger partial charge in [0.15, 0.2) is 0 Å². The third kappa shape index (κ3) is 4.97. The second kappa shape index (κ2) is 8.36. The van der Waals surface area contributed by atoms with Crippen molar-refractivity contribution in [2.75, 3.05) is 11.9 Å². The van der Waals surface area contributed by atoms with Gasteiger partial charge in [-0.25, -0.2) is 9.80 Å². The number of rotatable bonds is 3. The molecule has 2 aromatic rings. The lowest BCUT2D eigenvalue weighted by atomic mass is 9.79. The maximum absolute atomic E-state index is 13.0. The van der Waals surface area contributed by atoms with Gasteiger partial charge in [0.1, 0.15) is 5.78 Å². The Balaban J connectivity index is 1.90. The zero-order chi connectivity index (χ0) is 24.8. The number of urea groups is 1. The average Bonchev–Trinajstić information content (AvgIpc) is 3.06. The molecule has 0 saturated heterocycles. The Morgan fingerprint density at radius 1 is 1.03 bits per heavy atom. The summed E-state index contributed by atoms with van der Waals surface area (Å²) in [6.45, 7) is 2.49. The van der Waals surface area contributed by atoms with E-state index in [-0.39, 0.29) is 23.5 Å². The van der Waals surface area contributed by atoms with Gasteiger partial charge in [0.2, 0.25) is 0 Å². The summed E-state index contributed by atoms with van der Waals surface area (Å²) in [6.07, 6.45) is -9.21. The number of carbonyl (C=O) groups is 2. The molecule has 0 bridgehead atoms. The van der Waals surface area contributed by atoms with E-state index in [1.54, 1.807) is 0 Å². The molecule has 0 radical (unpaired) electrons. The Morgan fingerprint density at radius 2 is 1.64 bits per heavy atom. The molecule has 0 aliphatic carbocycles. The number of nitrogens with one attached hydrogen (secondary N) is 1. The molecule has 1 N–H and O–H groups in total. The first-order valence-electron chi connectivity index (χ1n) is 9.36. The first kappa shape index (κ1) is 24.6. The molecule has 1 aliphatic heterocycles. The predicted octanol–water partition coefficient (Wildman–Crippen LogP) is 6.22. The van der Waals surface area contributed by atoms with Gasteiger partial charge < -0.3 is 5.32 Å². The lowest BCUT2D eigenvalue weighted by Gasteiger charge is -2.23. The van der Waals surface area contributed by atoms with Crippen molar-refractivity contribution in [2.24, 2.45) is 10.5 Å². The fourth-order valence-electron chi connectivity index (χ4n) is 3.24. The zero-order valence-electron chi connectivity index (χ0n) is 17.1. The molecule has 12 heteroatoms. The summed E-state index contributed by atoms with van der Waals surface area (Å²) < 4.78 is 77.1. The molecule has 2 aromatic carbocycles. The number of Topliss-reactive ketones (excluding diaryl/α,β-unsaturated/α-hetero) is 1. The van der Waals surface area contributed by atoms with Gasteiger partial charge in [0.05, 0.1) is 33.8 Å². The number of amides is 2. The summed E-state index contributed by atoms with van der Waals surface area (Å²) in [5, 5.41) is 6.79. The van der Waals surface area contributed by atoms with E-state index in [0.29, 0.717) is 0 Å². The monoisotopic (exact) mass is 491 g/mol. The molecule has 1 atom stereocenters. The van der Waals surface area contributed by atoms with Crippen molar-refractivity contribution in [3.8, 4) is 0 Å². The summed E-state index contributed by atoms with van der Waals surface area (Å²) in [5.74, 6) is -0.401. The van der Waals surface area contributed by atoms with Gasteiger partial charge in [0.25, 0.3) is 0 Å². The molecule has 0 saturated carbocycles. The molecular weight excluding hydrogens is 476 g/mol. The van der Waals surface area contributed by atoms with Gasteiger partial charge in [-0.05, 0) is 50.2 Å². The maximum Gasteiger partial charge on any atom is 0.417 e. The number of carbonyl (C=O) groups excluding carboxylic acids is 2. The predicted molar refractivity (Wildman–Crippen MR) is 109 cm³/mol. The van der Waals surface area contributed by atoms with Crippen LogP contribution in [0.2, 0.25) is 5.02 Å². The number of hydrogen-bond donors (Lipinski definition) is 1. The van der Waals surface area contributed by atoms with Crippen LogP contribution >= 0.6 is 11.6 Å². The molecule has 1 heterocycles. The Kier molecular flexibility index (Phi) is 6.22. The topological polar surface area (TPSA) is 61.8 Å². The SMILES string of the molecule is CC(=O)C1(C)CN(C(=O)Nc2ccc(C(F)(F)F)cc2)N=C1c1ccc(C(F)(F)F)c(Cl)c1. The number of hydrogen-bond acceptors (Lipinski definition) is 3. The molecule has 0 spiro atoms. The summed E-state index contributed by atoms with van der Waals surface area (Å²) in [5.41, 5.74) is -3.10. The van der Waals surface area contributed by atoms with E-state index in [2.05, 4.69) is 10.4 Å². The quantitative estimate of drug-likeness (QED) is 0.518. The van der Waals surface area contributed by atoms with Crippen LogP contribution in [0.15, 0.2) is 47.6 Å². The number of alkyl halides is 6. The fraction of sp³-hybridized carbons (Fsp3) is 0.286. The molecular formula is C21H16ClF6N3O2. The number of anilines is 1. The molecule has 176 valence electrons. The molecule has 0 fully saturated rings. The second-order valence-electron chi connectivity index (χ2n) is 7.59. The molecule has 3 rings (SSSR count). The van der Waals surface area contributed by atoms with E-state index >= 15 is 0 Å². The van der Waals surface area contributed by atoms with E-state index in [4.69, 9.17) is 11.6 Å². The molecule has 33 heavy (non-hydrogen) atoms. The van der Waals surface area contributed by atoms with Crippen molar-refractivity contribution < 1.29 is 35.9 Å².